The molecule has 0 aliphatic carbocycles. The molecular weight excluding hydrogens is 140 g/mol. The number of hydrogen-bond acceptors (Lipinski definition) is 2. The molecule has 1 atom stereocenters. The summed E-state index contributed by atoms with van der Waals surface area (Å²) in [6.45, 7) is 5.80. The molecule has 0 spiro atoms. The topological polar surface area (TPSA) is 41.1 Å². The lowest BCUT2D eigenvalue weighted by Gasteiger charge is -2.11. The molecule has 1 fully saturated rings. The summed E-state index contributed by atoms with van der Waals surface area (Å²) in [5.74, 6) is 0.405. The molecule has 0 aromatic rings. The Bertz CT molecular complexity index is 139. The fraction of sp³-hybridized carbons (Fsp3) is 0.875. The predicted octanol–water partition coefficient (Wildman–Crippen LogP) is 0.120. The van der Waals surface area contributed by atoms with Crippen LogP contribution in [0.15, 0.2) is 0 Å². The minimum Gasteiger partial charge on any atom is -0.354 e. The number of carbonyl (C=O) groups excluding carboxylic acids is 1. The van der Waals surface area contributed by atoms with Crippen LogP contribution in [0.1, 0.15) is 20.3 Å². The van der Waals surface area contributed by atoms with Gasteiger partial charge in [-0.2, -0.15) is 0 Å². The summed E-state index contributed by atoms with van der Waals surface area (Å²) in [5, 5.41) is 6.07. The predicted molar refractivity (Wildman–Crippen MR) is 44.3 cm³/mol. The molecule has 0 radical (unpaired) electrons. The van der Waals surface area contributed by atoms with E-state index < -0.39 is 0 Å². The van der Waals surface area contributed by atoms with Crippen molar-refractivity contribution in [1.29, 1.82) is 0 Å². The minimum atomic E-state index is 0.199. The lowest BCUT2D eigenvalue weighted by Crippen LogP contribution is -2.36. The molecule has 0 bridgehead atoms. The van der Waals surface area contributed by atoms with E-state index in [1.165, 1.54) is 0 Å². The van der Waals surface area contributed by atoms with E-state index in [2.05, 4.69) is 10.6 Å². The second-order valence-electron chi connectivity index (χ2n) is 3.35. The van der Waals surface area contributed by atoms with Gasteiger partial charge in [-0.1, -0.05) is 0 Å². The molecule has 0 saturated carbocycles. The fourth-order valence-electron chi connectivity index (χ4n) is 1.28. The first-order valence-electron chi connectivity index (χ1n) is 4.21. The smallest absolute Gasteiger partial charge is 0.224 e. The molecule has 0 unspecified atom stereocenters. The van der Waals surface area contributed by atoms with Gasteiger partial charge in [-0.15, -0.1) is 0 Å². The lowest BCUT2D eigenvalue weighted by atomic mass is 10.1. The van der Waals surface area contributed by atoms with Crippen LogP contribution in [0.5, 0.6) is 0 Å². The van der Waals surface area contributed by atoms with Crippen molar-refractivity contribution in [2.75, 3.05) is 13.1 Å². The first-order valence-corrected chi connectivity index (χ1v) is 4.21. The molecule has 1 heterocycles. The van der Waals surface area contributed by atoms with Crippen molar-refractivity contribution in [3.63, 3.8) is 0 Å². The lowest BCUT2D eigenvalue weighted by molar-refractivity contribution is -0.124. The maximum absolute atomic E-state index is 11.3. The van der Waals surface area contributed by atoms with Gasteiger partial charge in [0.05, 0.1) is 5.92 Å². The van der Waals surface area contributed by atoms with E-state index in [4.69, 9.17) is 0 Å². The summed E-state index contributed by atoms with van der Waals surface area (Å²) in [6, 6.07) is 0.267. The minimum absolute atomic E-state index is 0.199. The summed E-state index contributed by atoms with van der Waals surface area (Å²) in [6.07, 6.45) is 0.985. The number of hydrogen-bond donors (Lipinski definition) is 2. The van der Waals surface area contributed by atoms with E-state index in [0.29, 0.717) is 0 Å². The summed E-state index contributed by atoms with van der Waals surface area (Å²) >= 11 is 0. The molecule has 3 nitrogen and oxygen atoms in total. The zero-order valence-corrected chi connectivity index (χ0v) is 7.18. The highest BCUT2D eigenvalue weighted by Gasteiger charge is 2.22. The molecule has 1 saturated heterocycles. The summed E-state index contributed by atoms with van der Waals surface area (Å²) in [7, 11) is 0. The first kappa shape index (κ1) is 8.53. The number of amides is 1. The van der Waals surface area contributed by atoms with Crippen molar-refractivity contribution in [2.24, 2.45) is 5.92 Å². The van der Waals surface area contributed by atoms with Crippen LogP contribution in [0.25, 0.3) is 0 Å². The van der Waals surface area contributed by atoms with Crippen LogP contribution in [0.2, 0.25) is 0 Å². The Kier molecular flexibility index (Phi) is 2.88. The number of nitrogens with one attached hydrogen (secondary N) is 2. The molecule has 64 valence electrons. The van der Waals surface area contributed by atoms with Gasteiger partial charge in [0.1, 0.15) is 0 Å². The van der Waals surface area contributed by atoms with E-state index in [1.54, 1.807) is 0 Å². The van der Waals surface area contributed by atoms with Gasteiger partial charge in [0.2, 0.25) is 5.91 Å². The van der Waals surface area contributed by atoms with Gasteiger partial charge >= 0.3 is 0 Å². The molecule has 2 N–H and O–H groups in total. The Balaban J connectivity index is 2.28. The molecule has 1 aliphatic rings. The van der Waals surface area contributed by atoms with Crippen LogP contribution < -0.4 is 10.6 Å². The zero-order chi connectivity index (χ0) is 8.27. The van der Waals surface area contributed by atoms with Crippen LogP contribution in [-0.4, -0.2) is 25.0 Å². The van der Waals surface area contributed by atoms with Gasteiger partial charge in [0.25, 0.3) is 0 Å². The van der Waals surface area contributed by atoms with Crippen LogP contribution in [0.4, 0.5) is 0 Å². The Labute approximate surface area is 67.5 Å². The van der Waals surface area contributed by atoms with Crippen LogP contribution in [0, 0.1) is 5.92 Å². The van der Waals surface area contributed by atoms with Crippen molar-refractivity contribution in [3.05, 3.63) is 0 Å². The summed E-state index contributed by atoms with van der Waals surface area (Å²) in [4.78, 5) is 11.3. The van der Waals surface area contributed by atoms with Crippen LogP contribution in [0.3, 0.4) is 0 Å². The van der Waals surface area contributed by atoms with Gasteiger partial charge in [-0.3, -0.25) is 4.79 Å². The third-order valence-corrected chi connectivity index (χ3v) is 1.86. The zero-order valence-electron chi connectivity index (χ0n) is 7.18. The van der Waals surface area contributed by atoms with E-state index in [0.717, 1.165) is 19.5 Å². The van der Waals surface area contributed by atoms with E-state index >= 15 is 0 Å². The second-order valence-corrected chi connectivity index (χ2v) is 3.35. The van der Waals surface area contributed by atoms with E-state index in [-0.39, 0.29) is 17.9 Å². The number of carbonyl (C=O) groups is 1. The Hall–Kier alpha value is -0.570. The molecule has 1 aliphatic heterocycles. The monoisotopic (exact) mass is 156 g/mol. The van der Waals surface area contributed by atoms with Crippen LogP contribution >= 0.6 is 0 Å². The molecule has 11 heavy (non-hydrogen) atoms. The number of rotatable bonds is 2. The SMILES string of the molecule is CC(C)NC(=O)[C@H]1CCNC1. The average molecular weight is 156 g/mol. The van der Waals surface area contributed by atoms with Gasteiger partial charge in [0.15, 0.2) is 0 Å². The maximum atomic E-state index is 11.3. The molecule has 0 aromatic heterocycles. The fourth-order valence-corrected chi connectivity index (χ4v) is 1.28. The third kappa shape index (κ3) is 2.50. The van der Waals surface area contributed by atoms with Gasteiger partial charge in [-0.25, -0.2) is 0 Å². The van der Waals surface area contributed by atoms with Crippen molar-refractivity contribution in [2.45, 2.75) is 26.3 Å². The van der Waals surface area contributed by atoms with Crippen molar-refractivity contribution >= 4 is 5.91 Å². The average Bonchev–Trinajstić information content (AvgIpc) is 2.35. The van der Waals surface area contributed by atoms with E-state index in [9.17, 15) is 4.79 Å². The summed E-state index contributed by atoms with van der Waals surface area (Å²) < 4.78 is 0. The molecule has 0 aromatic carbocycles. The normalized spacial score (nSPS) is 24.1. The van der Waals surface area contributed by atoms with Gasteiger partial charge in [0, 0.05) is 12.6 Å². The van der Waals surface area contributed by atoms with Gasteiger partial charge < -0.3 is 10.6 Å². The molecular formula is C8H16N2O. The van der Waals surface area contributed by atoms with Crippen LogP contribution in [-0.2, 0) is 4.79 Å². The quantitative estimate of drug-likeness (QED) is 0.596. The Morgan fingerprint density at radius 3 is 2.82 bits per heavy atom. The molecule has 3 heteroatoms. The van der Waals surface area contributed by atoms with Crippen molar-refractivity contribution in [3.8, 4) is 0 Å². The third-order valence-electron chi connectivity index (χ3n) is 1.86. The highest BCUT2D eigenvalue weighted by atomic mass is 16.2. The first-order chi connectivity index (χ1) is 5.20. The molecule has 1 rings (SSSR count). The Morgan fingerprint density at radius 2 is 2.36 bits per heavy atom. The van der Waals surface area contributed by atoms with Gasteiger partial charge in [-0.05, 0) is 26.8 Å². The van der Waals surface area contributed by atoms with Crippen molar-refractivity contribution < 1.29 is 4.79 Å². The highest BCUT2D eigenvalue weighted by Crippen LogP contribution is 2.06. The van der Waals surface area contributed by atoms with Crippen molar-refractivity contribution in [1.82, 2.24) is 10.6 Å². The summed E-state index contributed by atoms with van der Waals surface area (Å²) in [5.41, 5.74) is 0. The highest BCUT2D eigenvalue weighted by molar-refractivity contribution is 5.79. The maximum Gasteiger partial charge on any atom is 0.224 e. The Morgan fingerprint density at radius 1 is 1.64 bits per heavy atom. The second kappa shape index (κ2) is 3.72. The standard InChI is InChI=1S/C8H16N2O/c1-6(2)10-8(11)7-3-4-9-5-7/h6-7,9H,3-5H2,1-2H3,(H,10,11)/t7-/m0/s1. The molecule has 1 amide bonds. The largest absolute Gasteiger partial charge is 0.354 e. The van der Waals surface area contributed by atoms with E-state index in [1.807, 2.05) is 13.8 Å².